The number of nitrogens with one attached hydrogen (secondary N) is 1. The fraction of sp³-hybridized carbons (Fsp3) is 0.941. The SMILES string of the molecule is CCC1COCCN1CCC1CCCC1(C#N)NC(C)C. The van der Waals surface area contributed by atoms with Crippen molar-refractivity contribution >= 4 is 0 Å². The quantitative estimate of drug-likeness (QED) is 0.817. The molecule has 0 radical (unpaired) electrons. The molecule has 4 heteroatoms. The molecule has 2 aliphatic rings. The summed E-state index contributed by atoms with van der Waals surface area (Å²) in [5.41, 5.74) is -0.290. The van der Waals surface area contributed by atoms with E-state index >= 15 is 0 Å². The van der Waals surface area contributed by atoms with Gasteiger partial charge in [0.25, 0.3) is 0 Å². The van der Waals surface area contributed by atoms with E-state index in [2.05, 4.69) is 37.1 Å². The maximum absolute atomic E-state index is 9.72. The first-order valence-corrected chi connectivity index (χ1v) is 8.62. The first-order valence-electron chi connectivity index (χ1n) is 8.62. The van der Waals surface area contributed by atoms with Gasteiger partial charge in [-0.1, -0.05) is 13.3 Å². The van der Waals surface area contributed by atoms with Crippen molar-refractivity contribution in [2.45, 2.75) is 70.5 Å². The molecule has 0 aromatic rings. The summed E-state index contributed by atoms with van der Waals surface area (Å²) >= 11 is 0. The Morgan fingerprint density at radius 3 is 2.95 bits per heavy atom. The van der Waals surface area contributed by atoms with Gasteiger partial charge in [-0.15, -0.1) is 0 Å². The number of hydrogen-bond donors (Lipinski definition) is 1. The Labute approximate surface area is 129 Å². The molecule has 1 saturated carbocycles. The Morgan fingerprint density at radius 1 is 1.48 bits per heavy atom. The summed E-state index contributed by atoms with van der Waals surface area (Å²) in [5, 5.41) is 13.3. The van der Waals surface area contributed by atoms with Gasteiger partial charge in [-0.2, -0.15) is 5.26 Å². The average molecular weight is 293 g/mol. The third kappa shape index (κ3) is 3.97. The van der Waals surface area contributed by atoms with Crippen LogP contribution in [0, 0.1) is 17.2 Å². The average Bonchev–Trinajstić information content (AvgIpc) is 2.87. The summed E-state index contributed by atoms with van der Waals surface area (Å²) in [6.45, 7) is 10.4. The molecular formula is C17H31N3O. The van der Waals surface area contributed by atoms with Crippen molar-refractivity contribution in [2.24, 2.45) is 5.92 Å². The molecule has 120 valence electrons. The fourth-order valence-corrected chi connectivity index (χ4v) is 4.03. The summed E-state index contributed by atoms with van der Waals surface area (Å²) in [6.07, 6.45) is 5.65. The first-order chi connectivity index (χ1) is 10.1. The van der Waals surface area contributed by atoms with Gasteiger partial charge in [0.1, 0.15) is 5.54 Å². The van der Waals surface area contributed by atoms with Crippen molar-refractivity contribution in [3.63, 3.8) is 0 Å². The number of nitrogens with zero attached hydrogens (tertiary/aromatic N) is 2. The van der Waals surface area contributed by atoms with Gasteiger partial charge in [-0.05, 0) is 52.0 Å². The molecule has 4 nitrogen and oxygen atoms in total. The highest BCUT2D eigenvalue weighted by atomic mass is 16.5. The summed E-state index contributed by atoms with van der Waals surface area (Å²) in [4.78, 5) is 2.57. The van der Waals surface area contributed by atoms with E-state index in [4.69, 9.17) is 4.74 Å². The highest BCUT2D eigenvalue weighted by molar-refractivity contribution is 5.14. The van der Waals surface area contributed by atoms with Gasteiger partial charge >= 0.3 is 0 Å². The van der Waals surface area contributed by atoms with Crippen LogP contribution in [0.2, 0.25) is 0 Å². The van der Waals surface area contributed by atoms with Gasteiger partial charge in [0.15, 0.2) is 0 Å². The molecule has 0 spiro atoms. The molecule has 21 heavy (non-hydrogen) atoms. The molecule has 2 fully saturated rings. The highest BCUT2D eigenvalue weighted by Gasteiger charge is 2.43. The Morgan fingerprint density at radius 2 is 2.29 bits per heavy atom. The zero-order valence-corrected chi connectivity index (χ0v) is 13.9. The van der Waals surface area contributed by atoms with Gasteiger partial charge in [0, 0.05) is 18.6 Å². The Bertz CT molecular complexity index is 366. The maximum Gasteiger partial charge on any atom is 0.109 e. The third-order valence-corrected chi connectivity index (χ3v) is 5.15. The second-order valence-corrected chi connectivity index (χ2v) is 6.93. The number of rotatable bonds is 6. The lowest BCUT2D eigenvalue weighted by Crippen LogP contribution is -2.52. The van der Waals surface area contributed by atoms with Crippen LogP contribution in [0.5, 0.6) is 0 Å². The van der Waals surface area contributed by atoms with Gasteiger partial charge in [-0.25, -0.2) is 0 Å². The Kier molecular flexibility index (Phi) is 6.04. The van der Waals surface area contributed by atoms with Crippen LogP contribution >= 0.6 is 0 Å². The highest BCUT2D eigenvalue weighted by Crippen LogP contribution is 2.38. The van der Waals surface area contributed by atoms with Gasteiger partial charge < -0.3 is 4.74 Å². The molecule has 0 aromatic carbocycles. The van der Waals surface area contributed by atoms with E-state index in [0.717, 1.165) is 45.6 Å². The van der Waals surface area contributed by atoms with E-state index in [-0.39, 0.29) is 5.54 Å². The van der Waals surface area contributed by atoms with Crippen LogP contribution in [0.3, 0.4) is 0 Å². The number of morpholine rings is 1. The molecule has 1 N–H and O–H groups in total. The normalized spacial score (nSPS) is 34.2. The van der Waals surface area contributed by atoms with Crippen molar-refractivity contribution < 1.29 is 4.74 Å². The van der Waals surface area contributed by atoms with Crippen LogP contribution in [0.15, 0.2) is 0 Å². The maximum atomic E-state index is 9.72. The lowest BCUT2D eigenvalue weighted by Gasteiger charge is -2.37. The molecule has 0 amide bonds. The minimum Gasteiger partial charge on any atom is -0.378 e. The Hall–Kier alpha value is -0.630. The van der Waals surface area contributed by atoms with E-state index in [0.29, 0.717) is 18.0 Å². The number of hydrogen-bond acceptors (Lipinski definition) is 4. The topological polar surface area (TPSA) is 48.3 Å². The monoisotopic (exact) mass is 293 g/mol. The molecular weight excluding hydrogens is 262 g/mol. The van der Waals surface area contributed by atoms with Crippen molar-refractivity contribution in [3.05, 3.63) is 0 Å². The first kappa shape index (κ1) is 16.7. The fourth-order valence-electron chi connectivity index (χ4n) is 4.03. The molecule has 2 rings (SSSR count). The molecule has 1 aliphatic carbocycles. The van der Waals surface area contributed by atoms with Crippen LogP contribution in [0.1, 0.15) is 52.9 Å². The minimum atomic E-state index is -0.290. The van der Waals surface area contributed by atoms with E-state index < -0.39 is 0 Å². The van der Waals surface area contributed by atoms with E-state index in [1.165, 1.54) is 12.8 Å². The summed E-state index contributed by atoms with van der Waals surface area (Å²) in [5.74, 6) is 0.491. The summed E-state index contributed by atoms with van der Waals surface area (Å²) < 4.78 is 5.58. The van der Waals surface area contributed by atoms with Crippen LogP contribution in [0.25, 0.3) is 0 Å². The van der Waals surface area contributed by atoms with E-state index in [1.807, 2.05) is 0 Å². The van der Waals surface area contributed by atoms with Crippen molar-refractivity contribution in [3.8, 4) is 6.07 Å². The molecule has 1 saturated heterocycles. The van der Waals surface area contributed by atoms with E-state index in [1.54, 1.807) is 0 Å². The van der Waals surface area contributed by atoms with Gasteiger partial charge in [-0.3, -0.25) is 10.2 Å². The predicted molar refractivity (Wildman–Crippen MR) is 85.0 cm³/mol. The lowest BCUT2D eigenvalue weighted by atomic mass is 9.85. The van der Waals surface area contributed by atoms with Crippen molar-refractivity contribution in [2.75, 3.05) is 26.3 Å². The molecule has 1 aliphatic heterocycles. The molecule has 1 heterocycles. The van der Waals surface area contributed by atoms with Gasteiger partial charge in [0.05, 0.1) is 19.3 Å². The molecule has 3 unspecified atom stereocenters. The smallest absolute Gasteiger partial charge is 0.109 e. The second-order valence-electron chi connectivity index (χ2n) is 6.93. The number of nitriles is 1. The van der Waals surface area contributed by atoms with Crippen LogP contribution < -0.4 is 5.32 Å². The summed E-state index contributed by atoms with van der Waals surface area (Å²) in [6, 6.07) is 3.55. The van der Waals surface area contributed by atoms with Crippen LogP contribution in [0.4, 0.5) is 0 Å². The van der Waals surface area contributed by atoms with Crippen molar-refractivity contribution in [1.29, 1.82) is 5.26 Å². The van der Waals surface area contributed by atoms with E-state index in [9.17, 15) is 5.26 Å². The number of ether oxygens (including phenoxy) is 1. The predicted octanol–water partition coefficient (Wildman–Crippen LogP) is 2.55. The van der Waals surface area contributed by atoms with Crippen LogP contribution in [-0.2, 0) is 4.74 Å². The lowest BCUT2D eigenvalue weighted by molar-refractivity contribution is -0.0116. The largest absolute Gasteiger partial charge is 0.378 e. The second kappa shape index (κ2) is 7.58. The Balaban J connectivity index is 1.93. The molecule has 3 atom stereocenters. The molecule has 0 aromatic heterocycles. The zero-order valence-electron chi connectivity index (χ0n) is 13.9. The van der Waals surface area contributed by atoms with Crippen LogP contribution in [-0.4, -0.2) is 48.8 Å². The standard InChI is InChI=1S/C17H31N3O/c1-4-16-12-21-11-10-20(16)9-7-15-6-5-8-17(15,13-18)19-14(2)3/h14-16,19H,4-12H2,1-3H3. The van der Waals surface area contributed by atoms with Crippen molar-refractivity contribution in [1.82, 2.24) is 10.2 Å². The van der Waals surface area contributed by atoms with Gasteiger partial charge in [0.2, 0.25) is 0 Å². The third-order valence-electron chi connectivity index (χ3n) is 5.15. The molecule has 0 bridgehead atoms. The zero-order chi connectivity index (χ0) is 15.3. The minimum absolute atomic E-state index is 0.290. The summed E-state index contributed by atoms with van der Waals surface area (Å²) in [7, 11) is 0.